The molecule has 4 aromatic rings. The number of amides is 1. The minimum Gasteiger partial charge on any atom is -0.481 e. The molecule has 3 N–H and O–H groups in total. The van der Waals surface area contributed by atoms with Crippen molar-refractivity contribution in [3.05, 3.63) is 76.6 Å². The summed E-state index contributed by atoms with van der Waals surface area (Å²) in [5.74, 6) is -4.67. The zero-order chi connectivity index (χ0) is 27.3. The summed E-state index contributed by atoms with van der Waals surface area (Å²) in [5, 5.41) is 8.81. The molecule has 0 unspecified atom stereocenters. The van der Waals surface area contributed by atoms with Gasteiger partial charge in [-0.3, -0.25) is 4.79 Å². The van der Waals surface area contributed by atoms with Crippen LogP contribution in [0.1, 0.15) is 27.0 Å². The molecule has 0 saturated heterocycles. The van der Waals surface area contributed by atoms with E-state index in [1.165, 1.54) is 18.2 Å². The number of carboxylic acids is 1. The van der Waals surface area contributed by atoms with Gasteiger partial charge in [0.15, 0.2) is 6.61 Å². The maximum atomic E-state index is 14.8. The van der Waals surface area contributed by atoms with Crippen LogP contribution >= 0.6 is 0 Å². The molecule has 4 rings (SSSR count). The summed E-state index contributed by atoms with van der Waals surface area (Å²) in [6.45, 7) is -1.71. The Labute approximate surface area is 202 Å². The van der Waals surface area contributed by atoms with Gasteiger partial charge in [-0.25, -0.2) is 9.18 Å². The number of ether oxygens (including phenoxy) is 1. The van der Waals surface area contributed by atoms with E-state index in [1.54, 1.807) is 0 Å². The topological polar surface area (TPSA) is 94.6 Å². The predicted molar refractivity (Wildman–Crippen MR) is 117 cm³/mol. The zero-order valence-electron chi connectivity index (χ0n) is 18.4. The lowest BCUT2D eigenvalue weighted by Crippen LogP contribution is -2.12. The summed E-state index contributed by atoms with van der Waals surface area (Å²) in [5.41, 5.74) is 1.68. The Morgan fingerprint density at radius 1 is 0.919 bits per heavy atom. The maximum absolute atomic E-state index is 14.8. The number of nitrogens with zero attached hydrogens (tertiary/aromatic N) is 1. The van der Waals surface area contributed by atoms with E-state index in [2.05, 4.69) is 0 Å². The largest absolute Gasteiger partial charge is 0.481 e. The Hall–Kier alpha value is -4.29. The maximum Gasteiger partial charge on any atom is 0.419 e. The molecule has 194 valence electrons. The van der Waals surface area contributed by atoms with Gasteiger partial charge in [-0.2, -0.15) is 26.3 Å². The van der Waals surface area contributed by atoms with Gasteiger partial charge in [-0.1, -0.05) is 18.2 Å². The Balaban J connectivity index is 2.11. The van der Waals surface area contributed by atoms with E-state index in [9.17, 15) is 40.3 Å². The van der Waals surface area contributed by atoms with E-state index in [1.807, 2.05) is 0 Å². The first-order valence-corrected chi connectivity index (χ1v) is 10.3. The third-order valence-corrected chi connectivity index (χ3v) is 5.61. The average molecular weight is 528 g/mol. The molecule has 0 atom stereocenters. The predicted octanol–water partition coefficient (Wildman–Crippen LogP) is 5.58. The highest BCUT2D eigenvalue weighted by Crippen LogP contribution is 2.43. The van der Waals surface area contributed by atoms with Crippen LogP contribution in [0.15, 0.2) is 48.5 Å². The molecular weight excluding hydrogens is 513 g/mol. The molecule has 3 aromatic carbocycles. The molecule has 1 heterocycles. The number of aliphatic carboxylic acids is 1. The fourth-order valence-corrected chi connectivity index (χ4v) is 4.11. The van der Waals surface area contributed by atoms with Gasteiger partial charge in [-0.05, 0) is 30.3 Å². The second-order valence-corrected chi connectivity index (χ2v) is 7.98. The van der Waals surface area contributed by atoms with Crippen molar-refractivity contribution in [3.8, 4) is 5.75 Å². The molecule has 37 heavy (non-hydrogen) atoms. The Morgan fingerprint density at radius 3 is 2.19 bits per heavy atom. The molecule has 0 radical (unpaired) electrons. The second kappa shape index (κ2) is 8.98. The summed E-state index contributed by atoms with van der Waals surface area (Å²) in [4.78, 5) is 23.2. The summed E-state index contributed by atoms with van der Waals surface area (Å²) in [6, 6.07) is 7.65. The van der Waals surface area contributed by atoms with Crippen LogP contribution in [0.2, 0.25) is 0 Å². The van der Waals surface area contributed by atoms with Crippen LogP contribution in [0.25, 0.3) is 21.8 Å². The number of hydrogen-bond donors (Lipinski definition) is 2. The lowest BCUT2D eigenvalue weighted by molar-refractivity contribution is -0.140. The van der Waals surface area contributed by atoms with Gasteiger partial charge in [-0.15, -0.1) is 0 Å². The smallest absolute Gasteiger partial charge is 0.419 e. The van der Waals surface area contributed by atoms with Crippen LogP contribution in [0.4, 0.5) is 30.7 Å². The molecule has 6 nitrogen and oxygen atoms in total. The van der Waals surface area contributed by atoms with E-state index in [0.29, 0.717) is 18.2 Å². The molecule has 1 aromatic heterocycles. The minimum atomic E-state index is -5.03. The number of alkyl halides is 6. The number of carbonyl (C=O) groups is 2. The molecule has 1 amide bonds. The molecular formula is C24H15F7N2O4. The van der Waals surface area contributed by atoms with Crippen LogP contribution in [-0.4, -0.2) is 28.2 Å². The van der Waals surface area contributed by atoms with E-state index >= 15 is 0 Å². The van der Waals surface area contributed by atoms with Gasteiger partial charge >= 0.3 is 18.3 Å². The first-order valence-electron chi connectivity index (χ1n) is 10.3. The number of hydrogen-bond acceptors (Lipinski definition) is 3. The quantitative estimate of drug-likeness (QED) is 0.320. The lowest BCUT2D eigenvalue weighted by Gasteiger charge is -2.15. The molecule has 0 aliphatic rings. The number of carbonyl (C=O) groups excluding carboxylic acids is 1. The van der Waals surface area contributed by atoms with Gasteiger partial charge in [0.1, 0.15) is 11.6 Å². The van der Waals surface area contributed by atoms with E-state index in [-0.39, 0.29) is 27.4 Å². The van der Waals surface area contributed by atoms with Gasteiger partial charge in [0.25, 0.3) is 0 Å². The summed E-state index contributed by atoms with van der Waals surface area (Å²) < 4.78 is 102. The van der Waals surface area contributed by atoms with Crippen molar-refractivity contribution in [2.45, 2.75) is 18.9 Å². The molecule has 0 fully saturated rings. The first-order chi connectivity index (χ1) is 17.2. The third kappa shape index (κ3) is 4.76. The van der Waals surface area contributed by atoms with Gasteiger partial charge in [0, 0.05) is 16.5 Å². The Bertz CT molecular complexity index is 1560. The number of carboxylic acid groups (broad SMARTS) is 1. The highest BCUT2D eigenvalue weighted by molar-refractivity contribution is 6.20. The second-order valence-electron chi connectivity index (χ2n) is 7.98. The van der Waals surface area contributed by atoms with Crippen LogP contribution in [0.3, 0.4) is 0 Å². The van der Waals surface area contributed by atoms with Crippen molar-refractivity contribution in [2.24, 2.45) is 5.73 Å². The van der Waals surface area contributed by atoms with Crippen molar-refractivity contribution in [2.75, 3.05) is 6.61 Å². The van der Waals surface area contributed by atoms with E-state index in [0.717, 1.165) is 16.7 Å². The highest BCUT2D eigenvalue weighted by Gasteiger charge is 2.36. The van der Waals surface area contributed by atoms with Crippen LogP contribution < -0.4 is 10.5 Å². The van der Waals surface area contributed by atoms with Crippen LogP contribution in [0.5, 0.6) is 5.75 Å². The molecule has 0 aliphatic carbocycles. The fourth-order valence-electron chi connectivity index (χ4n) is 4.11. The van der Waals surface area contributed by atoms with Gasteiger partial charge < -0.3 is 20.1 Å². The van der Waals surface area contributed by atoms with E-state index < -0.39 is 65.6 Å². The van der Waals surface area contributed by atoms with Crippen molar-refractivity contribution in [1.82, 2.24) is 4.57 Å². The summed E-state index contributed by atoms with van der Waals surface area (Å²) >= 11 is 0. The normalized spacial score (nSPS) is 12.3. The third-order valence-electron chi connectivity index (χ3n) is 5.61. The number of aromatic nitrogens is 1. The Kier molecular flexibility index (Phi) is 6.26. The molecule has 0 bridgehead atoms. The standard InChI is InChI=1S/C24H15F7N2O4/c25-21-11(3-1-5-14(21)24(29,30)31)9-33-15-6-2-4-13(22(32)36)19(15)20-16(33)7-12(23(26,27)28)8-17(20)37-10-18(34)35/h1-8H,9-10H2,(H2,32,36)(H,34,35). The average Bonchev–Trinajstić information content (AvgIpc) is 3.11. The highest BCUT2D eigenvalue weighted by atomic mass is 19.4. The molecule has 13 heteroatoms. The van der Waals surface area contributed by atoms with Crippen molar-refractivity contribution in [1.29, 1.82) is 0 Å². The van der Waals surface area contributed by atoms with Crippen molar-refractivity contribution >= 4 is 33.7 Å². The number of nitrogens with two attached hydrogens (primary N) is 1. The van der Waals surface area contributed by atoms with Gasteiger partial charge in [0.05, 0.1) is 34.1 Å². The molecule has 0 aliphatic heterocycles. The van der Waals surface area contributed by atoms with Crippen molar-refractivity contribution in [3.63, 3.8) is 0 Å². The monoisotopic (exact) mass is 528 g/mol. The number of halogens is 7. The Morgan fingerprint density at radius 2 is 1.59 bits per heavy atom. The lowest BCUT2D eigenvalue weighted by atomic mass is 10.0. The molecule has 0 saturated carbocycles. The number of benzene rings is 3. The summed E-state index contributed by atoms with van der Waals surface area (Å²) in [7, 11) is 0. The van der Waals surface area contributed by atoms with Crippen molar-refractivity contribution < 1.29 is 50.2 Å². The molecule has 0 spiro atoms. The van der Waals surface area contributed by atoms with Crippen LogP contribution in [0, 0.1) is 5.82 Å². The van der Waals surface area contributed by atoms with E-state index in [4.69, 9.17) is 15.6 Å². The number of rotatable bonds is 6. The fraction of sp³-hybridized carbons (Fsp3) is 0.167. The first kappa shape index (κ1) is 25.8. The zero-order valence-corrected chi connectivity index (χ0v) is 18.4. The minimum absolute atomic E-state index is 0.0302. The number of fused-ring (bicyclic) bond motifs is 3. The van der Waals surface area contributed by atoms with Crippen LogP contribution in [-0.2, 0) is 23.7 Å². The van der Waals surface area contributed by atoms with Gasteiger partial charge in [0.2, 0.25) is 5.91 Å². The summed E-state index contributed by atoms with van der Waals surface area (Å²) in [6.07, 6.45) is -9.97. The SMILES string of the molecule is NC(=O)c1cccc2c1c1c(OCC(=O)O)cc(C(F)(F)F)cc1n2Cc1cccc(C(F)(F)F)c1F. The number of primary amides is 1.